The number of nitrogens with zero attached hydrogens (tertiary/aromatic N) is 1. The second kappa shape index (κ2) is 5.49. The van der Waals surface area contributed by atoms with Crippen molar-refractivity contribution in [1.82, 2.24) is 10.2 Å². The van der Waals surface area contributed by atoms with Crippen LogP contribution in [0.5, 0.6) is 0 Å². The van der Waals surface area contributed by atoms with Crippen LogP contribution >= 0.6 is 0 Å². The molecule has 2 fully saturated rings. The van der Waals surface area contributed by atoms with Gasteiger partial charge in [0.05, 0.1) is 12.6 Å². The molecule has 5 nitrogen and oxygen atoms in total. The van der Waals surface area contributed by atoms with Crippen molar-refractivity contribution >= 4 is 11.8 Å². The first kappa shape index (κ1) is 12.4. The topological polar surface area (TPSA) is 58.6 Å². The van der Waals surface area contributed by atoms with Gasteiger partial charge in [-0.3, -0.25) is 9.59 Å². The SMILES string of the molecule is CCOC1CC(CC(=O)N2CCNC(=O)C2)C1. The third kappa shape index (κ3) is 3.19. The van der Waals surface area contributed by atoms with Crippen molar-refractivity contribution in [2.75, 3.05) is 26.2 Å². The number of amides is 2. The molecule has 1 aliphatic carbocycles. The lowest BCUT2D eigenvalue weighted by Gasteiger charge is -2.36. The van der Waals surface area contributed by atoms with Gasteiger partial charge >= 0.3 is 0 Å². The van der Waals surface area contributed by atoms with E-state index < -0.39 is 0 Å². The summed E-state index contributed by atoms with van der Waals surface area (Å²) in [6, 6.07) is 0. The monoisotopic (exact) mass is 240 g/mol. The van der Waals surface area contributed by atoms with Crippen LogP contribution in [0.3, 0.4) is 0 Å². The summed E-state index contributed by atoms with van der Waals surface area (Å²) < 4.78 is 5.46. The van der Waals surface area contributed by atoms with Crippen LogP contribution in [-0.4, -0.2) is 49.1 Å². The first-order valence-corrected chi connectivity index (χ1v) is 6.35. The van der Waals surface area contributed by atoms with Gasteiger partial charge in [-0.1, -0.05) is 0 Å². The summed E-state index contributed by atoms with van der Waals surface area (Å²) >= 11 is 0. The van der Waals surface area contributed by atoms with E-state index in [1.54, 1.807) is 4.90 Å². The van der Waals surface area contributed by atoms with E-state index in [-0.39, 0.29) is 18.4 Å². The second-order valence-electron chi connectivity index (χ2n) is 4.78. The lowest BCUT2D eigenvalue weighted by Crippen LogP contribution is -2.50. The molecule has 17 heavy (non-hydrogen) atoms. The zero-order valence-electron chi connectivity index (χ0n) is 10.3. The van der Waals surface area contributed by atoms with E-state index in [2.05, 4.69) is 5.32 Å². The molecule has 1 aliphatic heterocycles. The van der Waals surface area contributed by atoms with Crippen molar-refractivity contribution in [1.29, 1.82) is 0 Å². The summed E-state index contributed by atoms with van der Waals surface area (Å²) in [4.78, 5) is 24.7. The molecule has 0 aromatic carbocycles. The number of hydrogen-bond acceptors (Lipinski definition) is 3. The van der Waals surface area contributed by atoms with Gasteiger partial charge in [0, 0.05) is 26.1 Å². The van der Waals surface area contributed by atoms with Crippen LogP contribution in [0.2, 0.25) is 0 Å². The highest BCUT2D eigenvalue weighted by Crippen LogP contribution is 2.33. The Morgan fingerprint density at radius 1 is 1.53 bits per heavy atom. The van der Waals surface area contributed by atoms with Gasteiger partial charge in [0.15, 0.2) is 0 Å². The fraction of sp³-hybridized carbons (Fsp3) is 0.833. The smallest absolute Gasteiger partial charge is 0.239 e. The molecule has 2 amide bonds. The van der Waals surface area contributed by atoms with Crippen molar-refractivity contribution in [3.63, 3.8) is 0 Å². The summed E-state index contributed by atoms with van der Waals surface area (Å²) in [7, 11) is 0. The zero-order chi connectivity index (χ0) is 12.3. The average Bonchev–Trinajstić information content (AvgIpc) is 2.26. The molecule has 0 aromatic rings. The Balaban J connectivity index is 1.69. The van der Waals surface area contributed by atoms with Gasteiger partial charge in [0.2, 0.25) is 11.8 Å². The van der Waals surface area contributed by atoms with Crippen molar-refractivity contribution in [3.05, 3.63) is 0 Å². The highest BCUT2D eigenvalue weighted by Gasteiger charge is 2.33. The van der Waals surface area contributed by atoms with Crippen LogP contribution in [0.15, 0.2) is 0 Å². The molecule has 0 spiro atoms. The minimum absolute atomic E-state index is 0.0506. The molecule has 0 atom stereocenters. The summed E-state index contributed by atoms with van der Waals surface area (Å²) in [5.41, 5.74) is 0. The highest BCUT2D eigenvalue weighted by molar-refractivity contribution is 5.86. The molecule has 5 heteroatoms. The lowest BCUT2D eigenvalue weighted by molar-refractivity contribution is -0.140. The molecule has 2 aliphatic rings. The van der Waals surface area contributed by atoms with E-state index in [1.807, 2.05) is 6.92 Å². The van der Waals surface area contributed by atoms with E-state index in [0.717, 1.165) is 19.4 Å². The molecule has 0 aromatic heterocycles. The highest BCUT2D eigenvalue weighted by atomic mass is 16.5. The van der Waals surface area contributed by atoms with Gasteiger partial charge in [-0.05, 0) is 25.7 Å². The van der Waals surface area contributed by atoms with Gasteiger partial charge < -0.3 is 15.0 Å². The Labute approximate surface area is 101 Å². The Morgan fingerprint density at radius 2 is 2.29 bits per heavy atom. The third-order valence-corrected chi connectivity index (χ3v) is 3.45. The summed E-state index contributed by atoms with van der Waals surface area (Å²) in [6.07, 6.45) is 2.89. The minimum Gasteiger partial charge on any atom is -0.378 e. The molecule has 1 N–H and O–H groups in total. The Hall–Kier alpha value is -1.10. The predicted octanol–water partition coefficient (Wildman–Crippen LogP) is 0.150. The Morgan fingerprint density at radius 3 is 2.94 bits per heavy atom. The first-order valence-electron chi connectivity index (χ1n) is 6.35. The summed E-state index contributed by atoms with van der Waals surface area (Å²) in [5, 5.41) is 2.72. The van der Waals surface area contributed by atoms with Gasteiger partial charge in [0.1, 0.15) is 0 Å². The van der Waals surface area contributed by atoms with E-state index in [9.17, 15) is 9.59 Å². The number of nitrogens with one attached hydrogen (secondary N) is 1. The Bertz CT molecular complexity index is 300. The van der Waals surface area contributed by atoms with Crippen LogP contribution in [-0.2, 0) is 14.3 Å². The molecule has 2 rings (SSSR count). The lowest BCUT2D eigenvalue weighted by atomic mass is 9.79. The van der Waals surface area contributed by atoms with Gasteiger partial charge in [-0.25, -0.2) is 0 Å². The molecule has 0 radical (unpaired) electrons. The van der Waals surface area contributed by atoms with E-state index in [1.165, 1.54) is 0 Å². The molecular weight excluding hydrogens is 220 g/mol. The van der Waals surface area contributed by atoms with E-state index in [4.69, 9.17) is 4.74 Å². The standard InChI is InChI=1S/C12H20N2O3/c1-2-17-10-5-9(6-10)7-12(16)14-4-3-13-11(15)8-14/h9-10H,2-8H2,1H3,(H,13,15). The molecule has 1 saturated carbocycles. The van der Waals surface area contributed by atoms with Gasteiger partial charge in [0.25, 0.3) is 0 Å². The van der Waals surface area contributed by atoms with Gasteiger partial charge in [-0.2, -0.15) is 0 Å². The number of carbonyl (C=O) groups excluding carboxylic acids is 2. The summed E-state index contributed by atoms with van der Waals surface area (Å²) in [5.74, 6) is 0.509. The fourth-order valence-electron chi connectivity index (χ4n) is 2.44. The number of carbonyl (C=O) groups is 2. The normalized spacial score (nSPS) is 28.5. The molecule has 0 bridgehead atoms. The van der Waals surface area contributed by atoms with E-state index >= 15 is 0 Å². The van der Waals surface area contributed by atoms with Crippen LogP contribution in [0, 0.1) is 5.92 Å². The van der Waals surface area contributed by atoms with Crippen LogP contribution in [0.25, 0.3) is 0 Å². The van der Waals surface area contributed by atoms with Crippen LogP contribution in [0.1, 0.15) is 26.2 Å². The largest absolute Gasteiger partial charge is 0.378 e. The molecule has 96 valence electrons. The average molecular weight is 240 g/mol. The third-order valence-electron chi connectivity index (χ3n) is 3.45. The zero-order valence-corrected chi connectivity index (χ0v) is 10.3. The number of rotatable bonds is 4. The number of piperazine rings is 1. The van der Waals surface area contributed by atoms with Crippen LogP contribution in [0.4, 0.5) is 0 Å². The van der Waals surface area contributed by atoms with Crippen LogP contribution < -0.4 is 5.32 Å². The second-order valence-corrected chi connectivity index (χ2v) is 4.78. The maximum absolute atomic E-state index is 11.9. The van der Waals surface area contributed by atoms with Gasteiger partial charge in [-0.15, -0.1) is 0 Å². The maximum Gasteiger partial charge on any atom is 0.239 e. The van der Waals surface area contributed by atoms with Crippen molar-refractivity contribution < 1.29 is 14.3 Å². The van der Waals surface area contributed by atoms with E-state index in [0.29, 0.717) is 31.5 Å². The molecule has 1 saturated heterocycles. The van der Waals surface area contributed by atoms with Crippen molar-refractivity contribution in [2.24, 2.45) is 5.92 Å². The predicted molar refractivity (Wildman–Crippen MR) is 62.3 cm³/mol. The first-order chi connectivity index (χ1) is 8.19. The molecule has 0 unspecified atom stereocenters. The van der Waals surface area contributed by atoms with Crippen molar-refractivity contribution in [2.45, 2.75) is 32.3 Å². The number of ether oxygens (including phenoxy) is 1. The quantitative estimate of drug-likeness (QED) is 0.761. The van der Waals surface area contributed by atoms with Crippen molar-refractivity contribution in [3.8, 4) is 0 Å². The fourth-order valence-corrected chi connectivity index (χ4v) is 2.44. The summed E-state index contributed by atoms with van der Waals surface area (Å²) in [6.45, 7) is 4.19. The molecular formula is C12H20N2O3. The Kier molecular flexibility index (Phi) is 3.99. The minimum atomic E-state index is -0.0506. The molecule has 1 heterocycles. The number of hydrogen-bond donors (Lipinski definition) is 1. The maximum atomic E-state index is 11.9.